The Morgan fingerprint density at radius 1 is 1.27 bits per heavy atom. The molecule has 1 atom stereocenters. The van der Waals surface area contributed by atoms with Crippen LogP contribution in [-0.4, -0.2) is 67.2 Å². The monoisotopic (exact) mass is 532 g/mol. The lowest BCUT2D eigenvalue weighted by Gasteiger charge is -2.41. The van der Waals surface area contributed by atoms with E-state index in [0.29, 0.717) is 23.4 Å². The standard InChI is InChI=1S/C26H36N6O4.ClH/c1-16(2)14-30-23-19(8-9-20(33)31-13-5-11-26(31)10-4-12-27-15-26)17(3)29-32(23)25(36)21(24(30)35)22(34)28-18-6-7-18;/h8-9,16,18,27,35H,4-7,10-15H2,1-3H3,(H,28,34);1H. The molecule has 202 valence electrons. The van der Waals surface area contributed by atoms with Crippen LogP contribution in [0.5, 0.6) is 5.88 Å². The summed E-state index contributed by atoms with van der Waals surface area (Å²) in [6.07, 6.45) is 9.04. The fraction of sp³-hybridized carbons (Fsp3) is 0.615. The largest absolute Gasteiger partial charge is 0.494 e. The number of aromatic nitrogens is 3. The summed E-state index contributed by atoms with van der Waals surface area (Å²) in [6, 6.07) is 0.0441. The van der Waals surface area contributed by atoms with Crippen LogP contribution < -0.4 is 16.2 Å². The summed E-state index contributed by atoms with van der Waals surface area (Å²) in [7, 11) is 0. The van der Waals surface area contributed by atoms with Crippen molar-refractivity contribution in [3.63, 3.8) is 0 Å². The molecule has 0 aromatic carbocycles. The maximum absolute atomic E-state index is 13.3. The van der Waals surface area contributed by atoms with E-state index in [4.69, 9.17) is 0 Å². The Kier molecular flexibility index (Phi) is 7.71. The lowest BCUT2D eigenvalue weighted by molar-refractivity contribution is -0.130. The number of carbonyl (C=O) groups is 2. The van der Waals surface area contributed by atoms with Crippen LogP contribution in [0.2, 0.25) is 0 Å². The van der Waals surface area contributed by atoms with E-state index in [2.05, 4.69) is 15.7 Å². The number of nitrogens with zero attached hydrogens (tertiary/aromatic N) is 4. The number of rotatable bonds is 6. The van der Waals surface area contributed by atoms with Crippen LogP contribution in [0.1, 0.15) is 74.0 Å². The maximum Gasteiger partial charge on any atom is 0.291 e. The number of aryl methyl sites for hydroxylation is 1. The first-order chi connectivity index (χ1) is 17.2. The Labute approximate surface area is 222 Å². The normalized spacial score (nSPS) is 21.8. The predicted octanol–water partition coefficient (Wildman–Crippen LogP) is 2.24. The second kappa shape index (κ2) is 10.5. The second-order valence-corrected chi connectivity index (χ2v) is 10.9. The van der Waals surface area contributed by atoms with Crippen molar-refractivity contribution in [2.75, 3.05) is 19.6 Å². The van der Waals surface area contributed by atoms with Crippen LogP contribution in [0.25, 0.3) is 11.7 Å². The van der Waals surface area contributed by atoms with E-state index in [-0.39, 0.29) is 47.3 Å². The van der Waals surface area contributed by atoms with Gasteiger partial charge in [-0.25, -0.2) is 0 Å². The maximum atomic E-state index is 13.3. The van der Waals surface area contributed by atoms with Crippen LogP contribution >= 0.6 is 12.4 Å². The summed E-state index contributed by atoms with van der Waals surface area (Å²) >= 11 is 0. The molecule has 5 rings (SSSR count). The summed E-state index contributed by atoms with van der Waals surface area (Å²) in [5.41, 5.74) is 0.418. The van der Waals surface area contributed by atoms with Crippen LogP contribution in [0.15, 0.2) is 10.9 Å². The molecule has 0 bridgehead atoms. The van der Waals surface area contributed by atoms with Crippen molar-refractivity contribution in [2.45, 2.75) is 77.4 Å². The molecule has 1 aliphatic carbocycles. The Hall–Kier alpha value is -2.85. The minimum atomic E-state index is -0.665. The fourth-order valence-electron chi connectivity index (χ4n) is 5.70. The van der Waals surface area contributed by atoms with Crippen molar-refractivity contribution in [1.82, 2.24) is 29.7 Å². The van der Waals surface area contributed by atoms with Crippen LogP contribution in [0.3, 0.4) is 0 Å². The molecule has 2 aromatic heterocycles. The molecule has 2 aliphatic heterocycles. The molecule has 2 amide bonds. The molecule has 10 nitrogen and oxygen atoms in total. The Bertz CT molecular complexity index is 1290. The number of hydrogen-bond acceptors (Lipinski definition) is 6. The smallest absolute Gasteiger partial charge is 0.291 e. The highest BCUT2D eigenvalue weighted by molar-refractivity contribution is 5.97. The summed E-state index contributed by atoms with van der Waals surface area (Å²) < 4.78 is 2.76. The van der Waals surface area contributed by atoms with E-state index in [1.165, 1.54) is 4.52 Å². The first-order valence-corrected chi connectivity index (χ1v) is 13.1. The van der Waals surface area contributed by atoms with Crippen molar-refractivity contribution >= 4 is 35.9 Å². The van der Waals surface area contributed by atoms with E-state index >= 15 is 0 Å². The molecule has 2 saturated heterocycles. The molecule has 3 N–H and O–H groups in total. The van der Waals surface area contributed by atoms with Gasteiger partial charge in [0.05, 0.1) is 11.2 Å². The van der Waals surface area contributed by atoms with Gasteiger partial charge >= 0.3 is 0 Å². The number of piperidine rings is 1. The van der Waals surface area contributed by atoms with Gasteiger partial charge in [0.2, 0.25) is 11.8 Å². The quantitative estimate of drug-likeness (QED) is 0.491. The van der Waals surface area contributed by atoms with Gasteiger partial charge in [0.15, 0.2) is 5.56 Å². The summed E-state index contributed by atoms with van der Waals surface area (Å²) in [6.45, 7) is 8.65. The van der Waals surface area contributed by atoms with E-state index in [1.54, 1.807) is 23.6 Å². The lowest BCUT2D eigenvalue weighted by Crippen LogP contribution is -2.55. The number of nitrogens with one attached hydrogen (secondary N) is 2. The molecule has 0 radical (unpaired) electrons. The predicted molar refractivity (Wildman–Crippen MR) is 143 cm³/mol. The molecule has 4 heterocycles. The van der Waals surface area contributed by atoms with Gasteiger partial charge in [-0.2, -0.15) is 9.61 Å². The van der Waals surface area contributed by atoms with Gasteiger partial charge in [0, 0.05) is 37.3 Å². The second-order valence-electron chi connectivity index (χ2n) is 10.9. The number of aromatic hydroxyl groups is 1. The van der Waals surface area contributed by atoms with Crippen LogP contribution in [-0.2, 0) is 11.3 Å². The molecule has 1 saturated carbocycles. The van der Waals surface area contributed by atoms with Crippen molar-refractivity contribution < 1.29 is 14.7 Å². The average molecular weight is 533 g/mol. The summed E-state index contributed by atoms with van der Waals surface area (Å²) in [5, 5.41) is 21.8. The Morgan fingerprint density at radius 3 is 2.65 bits per heavy atom. The summed E-state index contributed by atoms with van der Waals surface area (Å²) in [5.74, 6) is -0.886. The van der Waals surface area contributed by atoms with Gasteiger partial charge in [0.1, 0.15) is 5.65 Å². The fourth-order valence-corrected chi connectivity index (χ4v) is 5.70. The number of hydrogen-bond donors (Lipinski definition) is 3. The third kappa shape index (κ3) is 5.01. The zero-order chi connectivity index (χ0) is 25.6. The van der Waals surface area contributed by atoms with Gasteiger partial charge in [-0.1, -0.05) is 13.8 Å². The van der Waals surface area contributed by atoms with Crippen LogP contribution in [0, 0.1) is 12.8 Å². The van der Waals surface area contributed by atoms with E-state index in [9.17, 15) is 19.5 Å². The Morgan fingerprint density at radius 2 is 2.00 bits per heavy atom. The molecule has 37 heavy (non-hydrogen) atoms. The molecule has 3 fully saturated rings. The number of halogens is 1. The molecular weight excluding hydrogens is 496 g/mol. The lowest BCUT2D eigenvalue weighted by atomic mass is 9.87. The van der Waals surface area contributed by atoms with Gasteiger partial charge in [-0.3, -0.25) is 19.0 Å². The first kappa shape index (κ1) is 27.2. The molecule has 1 spiro atoms. The number of amides is 2. The SMILES string of the molecule is Cc1nn2c(=O)c(C(=O)NC3CC3)c(O)n(CC(C)C)c2c1C=CC(=O)N1CCCC12CCCNC2.Cl. The zero-order valence-electron chi connectivity index (χ0n) is 21.7. The van der Waals surface area contributed by atoms with Crippen molar-refractivity contribution in [2.24, 2.45) is 5.92 Å². The van der Waals surface area contributed by atoms with Gasteiger partial charge < -0.3 is 20.6 Å². The van der Waals surface area contributed by atoms with Crippen LogP contribution in [0.4, 0.5) is 0 Å². The average Bonchev–Trinajstić information content (AvgIpc) is 3.46. The Balaban J connectivity index is 0.00000320. The molecule has 3 aliphatic rings. The highest BCUT2D eigenvalue weighted by Gasteiger charge is 2.43. The molecule has 11 heteroatoms. The third-order valence-electron chi connectivity index (χ3n) is 7.61. The minimum absolute atomic E-state index is 0. The minimum Gasteiger partial charge on any atom is -0.494 e. The van der Waals surface area contributed by atoms with Gasteiger partial charge in [-0.05, 0) is 64.0 Å². The van der Waals surface area contributed by atoms with E-state index in [0.717, 1.165) is 58.2 Å². The van der Waals surface area contributed by atoms with Crippen molar-refractivity contribution in [3.05, 3.63) is 33.3 Å². The molecule has 2 aromatic rings. The molecule has 1 unspecified atom stereocenters. The highest BCUT2D eigenvalue weighted by atomic mass is 35.5. The third-order valence-corrected chi connectivity index (χ3v) is 7.61. The topological polar surface area (TPSA) is 121 Å². The van der Waals surface area contributed by atoms with Gasteiger partial charge in [-0.15, -0.1) is 12.4 Å². The van der Waals surface area contributed by atoms with Crippen molar-refractivity contribution in [3.8, 4) is 5.88 Å². The number of likely N-dealkylation sites (tertiary alicyclic amines) is 1. The number of carbonyl (C=O) groups excluding carboxylic acids is 2. The highest BCUT2D eigenvalue weighted by Crippen LogP contribution is 2.35. The number of fused-ring (bicyclic) bond motifs is 1. The van der Waals surface area contributed by atoms with E-state index < -0.39 is 11.5 Å². The van der Waals surface area contributed by atoms with E-state index in [1.807, 2.05) is 18.7 Å². The first-order valence-electron chi connectivity index (χ1n) is 13.1. The van der Waals surface area contributed by atoms with Crippen molar-refractivity contribution in [1.29, 1.82) is 0 Å². The molecular formula is C26H37ClN6O4. The summed E-state index contributed by atoms with van der Waals surface area (Å²) in [4.78, 5) is 41.4. The zero-order valence-corrected chi connectivity index (χ0v) is 22.6. The van der Waals surface area contributed by atoms with Gasteiger partial charge in [0.25, 0.3) is 11.5 Å².